The largest absolute Gasteiger partial charge is 0.387 e. The van der Waals surface area contributed by atoms with E-state index in [4.69, 9.17) is 0 Å². The van der Waals surface area contributed by atoms with Crippen molar-refractivity contribution in [2.24, 2.45) is 0 Å². The fraction of sp³-hybridized carbons (Fsp3) is 0.316. The van der Waals surface area contributed by atoms with Crippen LogP contribution in [-0.4, -0.2) is 31.7 Å². The molecule has 2 aromatic carbocycles. The van der Waals surface area contributed by atoms with E-state index < -0.39 is 6.10 Å². The zero-order valence-electron chi connectivity index (χ0n) is 13.7. The second-order valence-electron chi connectivity index (χ2n) is 5.79. The lowest BCUT2D eigenvalue weighted by molar-refractivity contribution is -0.121. The van der Waals surface area contributed by atoms with Crippen molar-refractivity contribution in [2.75, 3.05) is 25.5 Å². The fourth-order valence-corrected chi connectivity index (χ4v) is 2.31. The third-order valence-corrected chi connectivity index (χ3v) is 3.77. The van der Waals surface area contributed by atoms with Crippen LogP contribution in [0.2, 0.25) is 0 Å². The minimum absolute atomic E-state index is 0.0437. The first-order valence-electron chi connectivity index (χ1n) is 7.82. The Labute approximate surface area is 137 Å². The summed E-state index contributed by atoms with van der Waals surface area (Å²) in [5.41, 5.74) is 3.02. The molecule has 2 rings (SSSR count). The lowest BCUT2D eigenvalue weighted by atomic mass is 10.1. The van der Waals surface area contributed by atoms with Gasteiger partial charge in [-0.3, -0.25) is 4.79 Å². The number of nitrogens with one attached hydrogen (secondary N) is 1. The van der Waals surface area contributed by atoms with Gasteiger partial charge in [-0.15, -0.1) is 0 Å². The molecule has 0 aliphatic rings. The zero-order chi connectivity index (χ0) is 16.7. The second kappa shape index (κ2) is 8.34. The molecule has 1 unspecified atom stereocenters. The predicted molar refractivity (Wildman–Crippen MR) is 93.5 cm³/mol. The van der Waals surface area contributed by atoms with Crippen LogP contribution in [0, 0.1) is 0 Å². The van der Waals surface area contributed by atoms with Crippen molar-refractivity contribution in [3.63, 3.8) is 0 Å². The summed E-state index contributed by atoms with van der Waals surface area (Å²) < 4.78 is 0. The topological polar surface area (TPSA) is 52.6 Å². The Kier molecular flexibility index (Phi) is 6.18. The number of carbonyl (C=O) groups excluding carboxylic acids is 1. The number of hydrogen-bond acceptors (Lipinski definition) is 3. The summed E-state index contributed by atoms with van der Waals surface area (Å²) in [4.78, 5) is 13.9. The van der Waals surface area contributed by atoms with Gasteiger partial charge < -0.3 is 15.3 Å². The molecule has 2 N–H and O–H groups in total. The number of amides is 1. The first-order chi connectivity index (χ1) is 11.1. The van der Waals surface area contributed by atoms with E-state index in [-0.39, 0.29) is 12.5 Å². The zero-order valence-corrected chi connectivity index (χ0v) is 13.7. The van der Waals surface area contributed by atoms with Crippen LogP contribution in [0.15, 0.2) is 54.6 Å². The van der Waals surface area contributed by atoms with Crippen LogP contribution in [0.1, 0.15) is 23.7 Å². The number of aryl methyl sites for hydroxylation is 1. The van der Waals surface area contributed by atoms with Crippen LogP contribution in [0.3, 0.4) is 0 Å². The van der Waals surface area contributed by atoms with Crippen molar-refractivity contribution >= 4 is 11.6 Å². The maximum Gasteiger partial charge on any atom is 0.220 e. The number of nitrogens with zero attached hydrogens (tertiary/aromatic N) is 1. The molecule has 1 amide bonds. The highest BCUT2D eigenvalue weighted by atomic mass is 16.3. The number of hydrogen-bond donors (Lipinski definition) is 2. The van der Waals surface area contributed by atoms with Crippen molar-refractivity contribution in [2.45, 2.75) is 18.9 Å². The van der Waals surface area contributed by atoms with E-state index in [9.17, 15) is 9.90 Å². The SMILES string of the molecule is CN(C)c1ccc(C(O)CNC(=O)CCc2ccccc2)cc1. The Morgan fingerprint density at radius 3 is 2.35 bits per heavy atom. The summed E-state index contributed by atoms with van der Waals surface area (Å²) in [7, 11) is 3.94. The molecule has 122 valence electrons. The quantitative estimate of drug-likeness (QED) is 0.826. The molecule has 0 spiro atoms. The van der Waals surface area contributed by atoms with Gasteiger partial charge in [0.1, 0.15) is 0 Å². The molecule has 0 heterocycles. The van der Waals surface area contributed by atoms with Crippen LogP contribution in [0.4, 0.5) is 5.69 Å². The lowest BCUT2D eigenvalue weighted by Crippen LogP contribution is -2.28. The highest BCUT2D eigenvalue weighted by Gasteiger charge is 2.10. The summed E-state index contributed by atoms with van der Waals surface area (Å²) >= 11 is 0. The molecule has 0 bridgehead atoms. The smallest absolute Gasteiger partial charge is 0.220 e. The van der Waals surface area contributed by atoms with Gasteiger partial charge in [0.05, 0.1) is 6.10 Å². The van der Waals surface area contributed by atoms with E-state index in [1.54, 1.807) is 0 Å². The highest BCUT2D eigenvalue weighted by Crippen LogP contribution is 2.17. The van der Waals surface area contributed by atoms with Crippen LogP contribution in [-0.2, 0) is 11.2 Å². The molecule has 0 saturated carbocycles. The van der Waals surface area contributed by atoms with Gasteiger partial charge in [0.25, 0.3) is 0 Å². The number of rotatable bonds is 7. The Hall–Kier alpha value is -2.33. The van der Waals surface area contributed by atoms with Crippen molar-refractivity contribution < 1.29 is 9.90 Å². The summed E-state index contributed by atoms with van der Waals surface area (Å²) in [6, 6.07) is 17.6. The van der Waals surface area contributed by atoms with E-state index in [1.807, 2.05) is 73.6 Å². The molecule has 0 aromatic heterocycles. The average molecular weight is 312 g/mol. The van der Waals surface area contributed by atoms with E-state index in [1.165, 1.54) is 0 Å². The summed E-state index contributed by atoms with van der Waals surface area (Å²) in [6.45, 7) is 0.231. The van der Waals surface area contributed by atoms with Gasteiger partial charge in [-0.25, -0.2) is 0 Å². The van der Waals surface area contributed by atoms with Gasteiger partial charge in [0.15, 0.2) is 0 Å². The molecule has 0 fully saturated rings. The standard InChI is InChI=1S/C19H24N2O2/c1-21(2)17-11-9-16(10-12-17)18(22)14-20-19(23)13-8-15-6-4-3-5-7-15/h3-7,9-12,18,22H,8,13-14H2,1-2H3,(H,20,23). The van der Waals surface area contributed by atoms with Crippen molar-refractivity contribution in [1.29, 1.82) is 0 Å². The fourth-order valence-electron chi connectivity index (χ4n) is 2.31. The van der Waals surface area contributed by atoms with Crippen molar-refractivity contribution in [3.05, 3.63) is 65.7 Å². The van der Waals surface area contributed by atoms with Gasteiger partial charge >= 0.3 is 0 Å². The van der Waals surface area contributed by atoms with Crippen LogP contribution >= 0.6 is 0 Å². The molecule has 23 heavy (non-hydrogen) atoms. The van der Waals surface area contributed by atoms with E-state index >= 15 is 0 Å². The maximum atomic E-state index is 11.9. The molecular weight excluding hydrogens is 288 g/mol. The first-order valence-corrected chi connectivity index (χ1v) is 7.82. The summed E-state index contributed by atoms with van der Waals surface area (Å²) in [5, 5.41) is 12.9. The minimum atomic E-state index is -0.688. The van der Waals surface area contributed by atoms with Gasteiger partial charge in [-0.1, -0.05) is 42.5 Å². The maximum absolute atomic E-state index is 11.9. The Balaban J connectivity index is 1.77. The predicted octanol–water partition coefficient (Wildman–Crippen LogP) is 2.54. The van der Waals surface area contributed by atoms with Gasteiger partial charge in [-0.2, -0.15) is 0 Å². The van der Waals surface area contributed by atoms with Crippen LogP contribution in [0.5, 0.6) is 0 Å². The summed E-state index contributed by atoms with van der Waals surface area (Å²) in [6.07, 6.45) is 0.447. The van der Waals surface area contributed by atoms with Crippen LogP contribution in [0.25, 0.3) is 0 Å². The normalized spacial score (nSPS) is 11.8. The highest BCUT2D eigenvalue weighted by molar-refractivity contribution is 5.76. The van der Waals surface area contributed by atoms with Crippen molar-refractivity contribution in [3.8, 4) is 0 Å². The number of benzene rings is 2. The van der Waals surface area contributed by atoms with Crippen molar-refractivity contribution in [1.82, 2.24) is 5.32 Å². The lowest BCUT2D eigenvalue weighted by Gasteiger charge is -2.15. The van der Waals surface area contributed by atoms with Gasteiger partial charge in [0.2, 0.25) is 5.91 Å². The molecule has 4 nitrogen and oxygen atoms in total. The number of anilines is 1. The molecule has 4 heteroatoms. The van der Waals surface area contributed by atoms with Gasteiger partial charge in [-0.05, 0) is 29.7 Å². The van der Waals surface area contributed by atoms with Crippen LogP contribution < -0.4 is 10.2 Å². The molecule has 1 atom stereocenters. The Bertz CT molecular complexity index is 609. The molecule has 0 aliphatic carbocycles. The Morgan fingerprint density at radius 2 is 1.74 bits per heavy atom. The third kappa shape index (κ3) is 5.42. The molecule has 0 radical (unpaired) electrons. The molecular formula is C19H24N2O2. The number of carbonyl (C=O) groups is 1. The second-order valence-corrected chi connectivity index (χ2v) is 5.79. The van der Waals surface area contributed by atoms with Gasteiger partial charge in [0, 0.05) is 32.7 Å². The summed E-state index contributed by atoms with van der Waals surface area (Å²) in [5.74, 6) is -0.0437. The monoisotopic (exact) mass is 312 g/mol. The average Bonchev–Trinajstić information content (AvgIpc) is 2.58. The van der Waals surface area contributed by atoms with E-state index in [2.05, 4.69) is 5.32 Å². The van der Waals surface area contributed by atoms with E-state index in [0.717, 1.165) is 16.8 Å². The number of aliphatic hydroxyl groups excluding tert-OH is 1. The molecule has 2 aromatic rings. The Morgan fingerprint density at radius 1 is 1.09 bits per heavy atom. The first kappa shape index (κ1) is 17.0. The minimum Gasteiger partial charge on any atom is -0.387 e. The van der Waals surface area contributed by atoms with E-state index in [0.29, 0.717) is 12.8 Å². The molecule has 0 saturated heterocycles. The number of aliphatic hydroxyl groups is 1. The molecule has 0 aliphatic heterocycles. The third-order valence-electron chi connectivity index (χ3n) is 3.77.